The second-order valence-electron chi connectivity index (χ2n) is 5.79. The maximum atomic E-state index is 3.73. The fraction of sp³-hybridized carbons (Fsp3) is 1.00. The van der Waals surface area contributed by atoms with Gasteiger partial charge in [-0.15, -0.1) is 0 Å². The van der Waals surface area contributed by atoms with Gasteiger partial charge in [-0.05, 0) is 37.5 Å². The molecule has 0 aromatic rings. The molecule has 1 aliphatic carbocycles. The highest BCUT2D eigenvalue weighted by Crippen LogP contribution is 2.51. The zero-order valence-corrected chi connectivity index (χ0v) is 11.1. The summed E-state index contributed by atoms with van der Waals surface area (Å²) in [7, 11) is 0. The molecule has 1 N–H and O–H groups in total. The van der Waals surface area contributed by atoms with Crippen LogP contribution >= 0.6 is 0 Å². The van der Waals surface area contributed by atoms with Crippen LogP contribution in [0.3, 0.4) is 0 Å². The van der Waals surface area contributed by atoms with Crippen LogP contribution in [0, 0.1) is 11.3 Å². The number of unbranched alkanes of at least 4 members (excludes halogenated alkanes) is 2. The fourth-order valence-corrected chi connectivity index (χ4v) is 2.30. The van der Waals surface area contributed by atoms with Crippen molar-refractivity contribution in [2.24, 2.45) is 11.3 Å². The molecular formula is C14H29N. The molecule has 0 saturated heterocycles. The smallest absolute Gasteiger partial charge is 0.00389 e. The standard InChI is InChI=1S/C14H29N/c1-5-6-7-8-13(4)15-11-14(9-10-14)12(2)3/h12-13,15H,5-11H2,1-4H3. The first-order valence-corrected chi connectivity index (χ1v) is 6.84. The molecule has 1 saturated carbocycles. The third-order valence-electron chi connectivity index (χ3n) is 4.16. The summed E-state index contributed by atoms with van der Waals surface area (Å²) >= 11 is 0. The van der Waals surface area contributed by atoms with Gasteiger partial charge in [0.05, 0.1) is 0 Å². The maximum Gasteiger partial charge on any atom is 0.00389 e. The minimum absolute atomic E-state index is 0.666. The Labute approximate surface area is 96.0 Å². The van der Waals surface area contributed by atoms with E-state index >= 15 is 0 Å². The first-order chi connectivity index (χ1) is 7.10. The van der Waals surface area contributed by atoms with Crippen molar-refractivity contribution in [2.45, 2.75) is 72.3 Å². The summed E-state index contributed by atoms with van der Waals surface area (Å²) < 4.78 is 0. The van der Waals surface area contributed by atoms with Crippen LogP contribution in [0.2, 0.25) is 0 Å². The predicted molar refractivity (Wildman–Crippen MR) is 68.1 cm³/mol. The lowest BCUT2D eigenvalue weighted by Gasteiger charge is -2.23. The zero-order chi connectivity index (χ0) is 11.3. The fourth-order valence-electron chi connectivity index (χ4n) is 2.30. The molecular weight excluding hydrogens is 182 g/mol. The molecule has 90 valence electrons. The van der Waals surface area contributed by atoms with Gasteiger partial charge in [0.25, 0.3) is 0 Å². The van der Waals surface area contributed by atoms with Gasteiger partial charge >= 0.3 is 0 Å². The van der Waals surface area contributed by atoms with E-state index in [-0.39, 0.29) is 0 Å². The van der Waals surface area contributed by atoms with E-state index < -0.39 is 0 Å². The lowest BCUT2D eigenvalue weighted by atomic mass is 9.92. The summed E-state index contributed by atoms with van der Waals surface area (Å²) in [6.07, 6.45) is 8.35. The van der Waals surface area contributed by atoms with Gasteiger partial charge in [-0.1, -0.05) is 40.0 Å². The largest absolute Gasteiger partial charge is 0.314 e. The number of nitrogens with one attached hydrogen (secondary N) is 1. The monoisotopic (exact) mass is 211 g/mol. The van der Waals surface area contributed by atoms with Gasteiger partial charge in [0.1, 0.15) is 0 Å². The topological polar surface area (TPSA) is 12.0 Å². The van der Waals surface area contributed by atoms with Gasteiger partial charge in [0, 0.05) is 12.6 Å². The molecule has 0 aromatic heterocycles. The van der Waals surface area contributed by atoms with Crippen LogP contribution in [-0.4, -0.2) is 12.6 Å². The van der Waals surface area contributed by atoms with E-state index in [1.807, 2.05) is 0 Å². The molecule has 0 spiro atoms. The molecule has 0 aromatic carbocycles. The third-order valence-corrected chi connectivity index (χ3v) is 4.16. The van der Waals surface area contributed by atoms with Gasteiger partial charge in [0.2, 0.25) is 0 Å². The summed E-state index contributed by atoms with van der Waals surface area (Å²) in [5.74, 6) is 0.854. The van der Waals surface area contributed by atoms with Crippen LogP contribution < -0.4 is 5.32 Å². The molecule has 0 amide bonds. The molecule has 0 bridgehead atoms. The van der Waals surface area contributed by atoms with E-state index in [2.05, 4.69) is 33.0 Å². The Bertz CT molecular complexity index is 170. The summed E-state index contributed by atoms with van der Waals surface area (Å²) in [6, 6.07) is 0.716. The quantitative estimate of drug-likeness (QED) is 0.599. The van der Waals surface area contributed by atoms with Gasteiger partial charge in [-0.3, -0.25) is 0 Å². The number of rotatable bonds is 8. The van der Waals surface area contributed by atoms with Crippen LogP contribution in [0.5, 0.6) is 0 Å². The molecule has 0 heterocycles. The molecule has 0 radical (unpaired) electrons. The first-order valence-electron chi connectivity index (χ1n) is 6.84. The normalized spacial score (nSPS) is 20.6. The summed E-state index contributed by atoms with van der Waals surface area (Å²) in [4.78, 5) is 0. The third kappa shape index (κ3) is 4.14. The zero-order valence-electron chi connectivity index (χ0n) is 11.1. The van der Waals surface area contributed by atoms with E-state index in [1.54, 1.807) is 0 Å². The number of hydrogen-bond donors (Lipinski definition) is 1. The molecule has 1 nitrogen and oxygen atoms in total. The molecule has 1 rings (SSSR count). The number of hydrogen-bond acceptors (Lipinski definition) is 1. The maximum absolute atomic E-state index is 3.73. The van der Waals surface area contributed by atoms with Crippen molar-refractivity contribution in [1.82, 2.24) is 5.32 Å². The molecule has 15 heavy (non-hydrogen) atoms. The van der Waals surface area contributed by atoms with Gasteiger partial charge in [0.15, 0.2) is 0 Å². The molecule has 1 fully saturated rings. The SMILES string of the molecule is CCCCCC(C)NCC1(C(C)C)CC1. The van der Waals surface area contributed by atoms with Gasteiger partial charge in [-0.2, -0.15) is 0 Å². The molecule has 1 atom stereocenters. The highest BCUT2D eigenvalue weighted by Gasteiger charge is 2.44. The Morgan fingerprint density at radius 1 is 1.13 bits per heavy atom. The molecule has 0 aliphatic heterocycles. The van der Waals surface area contributed by atoms with Crippen LogP contribution in [0.25, 0.3) is 0 Å². The van der Waals surface area contributed by atoms with Crippen LogP contribution in [0.4, 0.5) is 0 Å². The van der Waals surface area contributed by atoms with Crippen molar-refractivity contribution in [3.05, 3.63) is 0 Å². The van der Waals surface area contributed by atoms with E-state index in [4.69, 9.17) is 0 Å². The lowest BCUT2D eigenvalue weighted by Crippen LogP contribution is -2.34. The predicted octanol–water partition coefficient (Wildman–Crippen LogP) is 3.98. The summed E-state index contributed by atoms with van der Waals surface area (Å²) in [5, 5.41) is 3.73. The van der Waals surface area contributed by atoms with E-state index in [0.717, 1.165) is 5.92 Å². The van der Waals surface area contributed by atoms with Crippen molar-refractivity contribution >= 4 is 0 Å². The Morgan fingerprint density at radius 2 is 1.80 bits per heavy atom. The minimum Gasteiger partial charge on any atom is -0.314 e. The van der Waals surface area contributed by atoms with Crippen molar-refractivity contribution in [1.29, 1.82) is 0 Å². The second-order valence-corrected chi connectivity index (χ2v) is 5.79. The Kier molecular flexibility index (Phi) is 5.11. The lowest BCUT2D eigenvalue weighted by molar-refractivity contribution is 0.318. The van der Waals surface area contributed by atoms with Crippen molar-refractivity contribution in [2.75, 3.05) is 6.54 Å². The van der Waals surface area contributed by atoms with Crippen molar-refractivity contribution in [3.8, 4) is 0 Å². The Balaban J connectivity index is 2.09. The van der Waals surface area contributed by atoms with Crippen molar-refractivity contribution < 1.29 is 0 Å². The Hall–Kier alpha value is -0.0400. The Morgan fingerprint density at radius 3 is 2.27 bits per heavy atom. The van der Waals surface area contributed by atoms with Crippen LogP contribution in [0.1, 0.15) is 66.2 Å². The molecule has 1 aliphatic rings. The molecule has 1 unspecified atom stereocenters. The highest BCUT2D eigenvalue weighted by atomic mass is 14.9. The average molecular weight is 211 g/mol. The van der Waals surface area contributed by atoms with Gasteiger partial charge in [-0.25, -0.2) is 0 Å². The second kappa shape index (κ2) is 5.89. The van der Waals surface area contributed by atoms with Crippen molar-refractivity contribution in [3.63, 3.8) is 0 Å². The highest BCUT2D eigenvalue weighted by molar-refractivity contribution is 4.97. The van der Waals surface area contributed by atoms with E-state index in [9.17, 15) is 0 Å². The minimum atomic E-state index is 0.666. The average Bonchev–Trinajstić information content (AvgIpc) is 2.96. The summed E-state index contributed by atoms with van der Waals surface area (Å²) in [5.41, 5.74) is 0.666. The first kappa shape index (κ1) is 13.0. The van der Waals surface area contributed by atoms with E-state index in [0.29, 0.717) is 11.5 Å². The van der Waals surface area contributed by atoms with Crippen LogP contribution in [0.15, 0.2) is 0 Å². The summed E-state index contributed by atoms with van der Waals surface area (Å²) in [6.45, 7) is 10.6. The molecule has 1 heteroatoms. The van der Waals surface area contributed by atoms with Crippen LogP contribution in [-0.2, 0) is 0 Å². The van der Waals surface area contributed by atoms with E-state index in [1.165, 1.54) is 45.1 Å². The van der Waals surface area contributed by atoms with Gasteiger partial charge < -0.3 is 5.32 Å².